The minimum atomic E-state index is 0.525. The number of nitrogens with zero attached hydrogens (tertiary/aromatic N) is 3. The number of aryl methyl sites for hydroxylation is 1. The van der Waals surface area contributed by atoms with Gasteiger partial charge in [-0.3, -0.25) is 9.58 Å². The van der Waals surface area contributed by atoms with Crippen LogP contribution in [0.25, 0.3) is 11.3 Å². The zero-order chi connectivity index (χ0) is 22.0. The Bertz CT molecular complexity index is 911. The first-order valence-electron chi connectivity index (χ1n) is 11.4. The highest BCUT2D eigenvalue weighted by atomic mass is 32.1. The summed E-state index contributed by atoms with van der Waals surface area (Å²) in [5.74, 6) is 2.68. The van der Waals surface area contributed by atoms with E-state index in [2.05, 4.69) is 53.2 Å². The van der Waals surface area contributed by atoms with E-state index in [1.54, 1.807) is 7.11 Å². The molecule has 0 aliphatic carbocycles. The van der Waals surface area contributed by atoms with Gasteiger partial charge in [0.25, 0.3) is 0 Å². The molecule has 1 aromatic heterocycles. The molecule has 4 atom stereocenters. The standard InChI is InChI=1S/C24H35N5OS/c1-16(2)13-25-24(31)26-14-18-11-17-9-10-29(18)15-20(17)22-12-21(27-28(22)3)19-7-5-6-8-23(19)30-4/h5-8,12,16-18,20H,9-11,13-15H2,1-4H3,(H2,25,26,31)/t17-,18-,20+/m1/s1. The van der Waals surface area contributed by atoms with Crippen molar-refractivity contribution in [2.45, 2.75) is 38.6 Å². The summed E-state index contributed by atoms with van der Waals surface area (Å²) >= 11 is 5.45. The third-order valence-electron chi connectivity index (χ3n) is 6.73. The summed E-state index contributed by atoms with van der Waals surface area (Å²) in [7, 11) is 3.79. The molecule has 7 heteroatoms. The Morgan fingerprint density at radius 1 is 1.29 bits per heavy atom. The number of hydrogen-bond donors (Lipinski definition) is 2. The first-order chi connectivity index (χ1) is 15.0. The van der Waals surface area contributed by atoms with Gasteiger partial charge in [0, 0.05) is 49.9 Å². The average molecular weight is 442 g/mol. The molecule has 0 amide bonds. The van der Waals surface area contributed by atoms with Gasteiger partial charge in [0.2, 0.25) is 0 Å². The molecule has 31 heavy (non-hydrogen) atoms. The smallest absolute Gasteiger partial charge is 0.166 e. The van der Waals surface area contributed by atoms with E-state index in [9.17, 15) is 0 Å². The van der Waals surface area contributed by atoms with Crippen molar-refractivity contribution in [2.24, 2.45) is 18.9 Å². The number of para-hydroxylation sites is 1. The van der Waals surface area contributed by atoms with Gasteiger partial charge < -0.3 is 15.4 Å². The van der Waals surface area contributed by atoms with Crippen LogP contribution in [0, 0.1) is 11.8 Å². The SMILES string of the molecule is COc1ccccc1-c1cc([C@H]2CN3CC[C@@H]2C[C@@H]3CNC(=S)NCC(C)C)n(C)n1. The zero-order valence-electron chi connectivity index (χ0n) is 19.1. The number of aromatic nitrogens is 2. The summed E-state index contributed by atoms with van der Waals surface area (Å²) in [6.45, 7) is 8.49. The second-order valence-electron chi connectivity index (χ2n) is 9.30. The predicted molar refractivity (Wildman–Crippen MR) is 129 cm³/mol. The first kappa shape index (κ1) is 22.1. The molecule has 2 bridgehead atoms. The van der Waals surface area contributed by atoms with Crippen molar-refractivity contribution in [3.63, 3.8) is 0 Å². The summed E-state index contributed by atoms with van der Waals surface area (Å²) < 4.78 is 7.63. The lowest BCUT2D eigenvalue weighted by molar-refractivity contribution is 0.0303. The van der Waals surface area contributed by atoms with Crippen molar-refractivity contribution in [1.82, 2.24) is 25.3 Å². The summed E-state index contributed by atoms with van der Waals surface area (Å²) in [6.07, 6.45) is 2.46. The molecule has 0 saturated carbocycles. The molecule has 4 heterocycles. The Morgan fingerprint density at radius 3 is 2.81 bits per heavy atom. The van der Waals surface area contributed by atoms with Crippen molar-refractivity contribution in [2.75, 3.05) is 33.3 Å². The van der Waals surface area contributed by atoms with Gasteiger partial charge in [-0.1, -0.05) is 26.0 Å². The van der Waals surface area contributed by atoms with Gasteiger partial charge in [-0.15, -0.1) is 0 Å². The highest BCUT2D eigenvalue weighted by Gasteiger charge is 2.41. The molecule has 168 valence electrons. The number of rotatable bonds is 7. The van der Waals surface area contributed by atoms with Crippen LogP contribution < -0.4 is 15.4 Å². The summed E-state index contributed by atoms with van der Waals surface area (Å²) in [6, 6.07) is 10.9. The lowest BCUT2D eigenvalue weighted by atomic mass is 9.74. The average Bonchev–Trinajstić information content (AvgIpc) is 3.17. The fourth-order valence-corrected chi connectivity index (χ4v) is 5.24. The van der Waals surface area contributed by atoms with Gasteiger partial charge in [-0.25, -0.2) is 0 Å². The molecule has 3 saturated heterocycles. The Kier molecular flexibility index (Phi) is 6.82. The van der Waals surface area contributed by atoms with Crippen molar-refractivity contribution < 1.29 is 4.74 Å². The maximum atomic E-state index is 5.55. The monoisotopic (exact) mass is 441 g/mol. The third kappa shape index (κ3) is 4.88. The molecule has 0 spiro atoms. The normalized spacial score (nSPS) is 24.9. The van der Waals surface area contributed by atoms with E-state index < -0.39 is 0 Å². The van der Waals surface area contributed by atoms with Crippen molar-refractivity contribution in [3.05, 3.63) is 36.0 Å². The molecule has 1 aromatic carbocycles. The van der Waals surface area contributed by atoms with Crippen LogP contribution >= 0.6 is 12.2 Å². The molecular weight excluding hydrogens is 406 g/mol. The van der Waals surface area contributed by atoms with Crippen LogP contribution in [0.5, 0.6) is 5.75 Å². The van der Waals surface area contributed by atoms with E-state index in [4.69, 9.17) is 22.1 Å². The van der Waals surface area contributed by atoms with Crippen LogP contribution in [0.1, 0.15) is 38.3 Å². The zero-order valence-corrected chi connectivity index (χ0v) is 19.9. The van der Waals surface area contributed by atoms with E-state index in [0.717, 1.165) is 41.8 Å². The number of thiocarbonyl (C=S) groups is 1. The van der Waals surface area contributed by atoms with Crippen LogP contribution in [0.15, 0.2) is 30.3 Å². The van der Waals surface area contributed by atoms with Crippen molar-refractivity contribution in [3.8, 4) is 17.0 Å². The predicted octanol–water partition coefficient (Wildman–Crippen LogP) is 3.39. The van der Waals surface area contributed by atoms with Crippen LogP contribution in [0.2, 0.25) is 0 Å². The van der Waals surface area contributed by atoms with Gasteiger partial charge in [0.1, 0.15) is 5.75 Å². The molecule has 1 unspecified atom stereocenters. The van der Waals surface area contributed by atoms with Gasteiger partial charge in [-0.2, -0.15) is 5.10 Å². The molecule has 6 nitrogen and oxygen atoms in total. The first-order valence-corrected chi connectivity index (χ1v) is 11.8. The minimum Gasteiger partial charge on any atom is -0.496 e. The van der Waals surface area contributed by atoms with Gasteiger partial charge in [0.15, 0.2) is 5.11 Å². The number of fused-ring (bicyclic) bond motifs is 3. The second-order valence-corrected chi connectivity index (χ2v) is 9.71. The highest BCUT2D eigenvalue weighted by Crippen LogP contribution is 2.42. The van der Waals surface area contributed by atoms with E-state index >= 15 is 0 Å². The number of hydrogen-bond acceptors (Lipinski definition) is 4. The topological polar surface area (TPSA) is 54.4 Å². The Hall–Kier alpha value is -2.12. The lowest BCUT2D eigenvalue weighted by Crippen LogP contribution is -2.56. The summed E-state index contributed by atoms with van der Waals surface area (Å²) in [5.41, 5.74) is 3.37. The molecular formula is C24H35N5OS. The number of ether oxygens (including phenoxy) is 1. The van der Waals surface area contributed by atoms with Crippen LogP contribution in [0.3, 0.4) is 0 Å². The van der Waals surface area contributed by atoms with E-state index in [1.807, 2.05) is 18.2 Å². The van der Waals surface area contributed by atoms with Gasteiger partial charge in [-0.05, 0) is 61.6 Å². The lowest BCUT2D eigenvalue weighted by Gasteiger charge is -2.50. The van der Waals surface area contributed by atoms with Gasteiger partial charge >= 0.3 is 0 Å². The number of nitrogens with one attached hydrogen (secondary N) is 2. The van der Waals surface area contributed by atoms with E-state index in [1.165, 1.54) is 25.1 Å². The largest absolute Gasteiger partial charge is 0.496 e. The maximum Gasteiger partial charge on any atom is 0.166 e. The van der Waals surface area contributed by atoms with E-state index in [0.29, 0.717) is 23.8 Å². The fraction of sp³-hybridized carbons (Fsp3) is 0.583. The maximum absolute atomic E-state index is 5.55. The number of methoxy groups -OCH3 is 1. The quantitative estimate of drug-likeness (QED) is 0.643. The molecule has 3 fully saturated rings. The minimum absolute atomic E-state index is 0.525. The summed E-state index contributed by atoms with van der Waals surface area (Å²) in [5, 5.41) is 12.4. The molecule has 3 aliphatic rings. The third-order valence-corrected chi connectivity index (χ3v) is 7.02. The van der Waals surface area contributed by atoms with Crippen molar-refractivity contribution in [1.29, 1.82) is 0 Å². The molecule has 5 rings (SSSR count). The second kappa shape index (κ2) is 9.57. The van der Waals surface area contributed by atoms with Crippen LogP contribution in [-0.2, 0) is 7.05 Å². The molecule has 2 N–H and O–H groups in total. The van der Waals surface area contributed by atoms with Crippen LogP contribution in [0.4, 0.5) is 0 Å². The number of piperidine rings is 3. The molecule has 0 radical (unpaired) electrons. The Labute approximate surface area is 191 Å². The van der Waals surface area contributed by atoms with Crippen molar-refractivity contribution >= 4 is 17.3 Å². The molecule has 3 aliphatic heterocycles. The molecule has 2 aromatic rings. The summed E-state index contributed by atoms with van der Waals surface area (Å²) in [4.78, 5) is 2.64. The number of benzene rings is 1. The Balaban J connectivity index is 1.42. The van der Waals surface area contributed by atoms with Crippen LogP contribution in [-0.4, -0.2) is 59.1 Å². The Morgan fingerprint density at radius 2 is 2.10 bits per heavy atom. The highest BCUT2D eigenvalue weighted by molar-refractivity contribution is 7.80. The fourth-order valence-electron chi connectivity index (χ4n) is 5.07. The van der Waals surface area contributed by atoms with Gasteiger partial charge in [0.05, 0.1) is 12.8 Å². The van der Waals surface area contributed by atoms with E-state index in [-0.39, 0.29) is 0 Å².